The summed E-state index contributed by atoms with van der Waals surface area (Å²) in [5.74, 6) is 0.323. The minimum atomic E-state index is 0.0105. The summed E-state index contributed by atoms with van der Waals surface area (Å²) in [5, 5.41) is 0. The van der Waals surface area contributed by atoms with Crippen LogP contribution >= 0.6 is 0 Å². The second-order valence-electron chi connectivity index (χ2n) is 6.13. The molecule has 4 nitrogen and oxygen atoms in total. The predicted octanol–water partition coefficient (Wildman–Crippen LogP) is 2.28. The van der Waals surface area contributed by atoms with E-state index < -0.39 is 0 Å². The summed E-state index contributed by atoms with van der Waals surface area (Å²) in [6.07, 6.45) is 7.47. The Balaban J connectivity index is 1.88. The molecule has 0 aromatic heterocycles. The zero-order chi connectivity index (χ0) is 14.4. The quantitative estimate of drug-likeness (QED) is 0.793. The van der Waals surface area contributed by atoms with Crippen molar-refractivity contribution >= 4 is 5.91 Å². The fourth-order valence-corrected chi connectivity index (χ4v) is 3.40. The van der Waals surface area contributed by atoms with Crippen LogP contribution in [-0.4, -0.2) is 60.6 Å². The summed E-state index contributed by atoms with van der Waals surface area (Å²) in [6, 6.07) is 0.0105. The average Bonchev–Trinajstić information content (AvgIpc) is 2.75. The minimum Gasteiger partial charge on any atom is -0.377 e. The van der Waals surface area contributed by atoms with Gasteiger partial charge in [-0.1, -0.05) is 12.8 Å². The predicted molar refractivity (Wildman–Crippen MR) is 80.7 cm³/mol. The Labute approximate surface area is 123 Å². The number of rotatable bonds is 4. The third kappa shape index (κ3) is 4.19. The highest BCUT2D eigenvalue weighted by molar-refractivity contribution is 5.81. The van der Waals surface area contributed by atoms with E-state index in [0.717, 1.165) is 45.6 Å². The van der Waals surface area contributed by atoms with Gasteiger partial charge in [-0.3, -0.25) is 9.69 Å². The molecule has 0 N–H and O–H groups in total. The van der Waals surface area contributed by atoms with E-state index in [2.05, 4.69) is 16.7 Å². The van der Waals surface area contributed by atoms with Gasteiger partial charge in [-0.2, -0.15) is 0 Å². The molecule has 1 amide bonds. The fourth-order valence-electron chi connectivity index (χ4n) is 3.40. The first-order valence-corrected chi connectivity index (χ1v) is 8.36. The van der Waals surface area contributed by atoms with Crippen LogP contribution in [0.1, 0.15) is 52.4 Å². The van der Waals surface area contributed by atoms with Gasteiger partial charge in [-0.25, -0.2) is 0 Å². The van der Waals surface area contributed by atoms with Crippen LogP contribution in [-0.2, 0) is 9.53 Å². The fraction of sp³-hybridized carbons (Fsp3) is 0.938. The van der Waals surface area contributed by atoms with Crippen molar-refractivity contribution in [3.63, 3.8) is 0 Å². The molecule has 0 aliphatic carbocycles. The maximum atomic E-state index is 12.7. The van der Waals surface area contributed by atoms with Crippen LogP contribution in [0.15, 0.2) is 0 Å². The minimum absolute atomic E-state index is 0.0105. The van der Waals surface area contributed by atoms with Crippen LogP contribution in [0, 0.1) is 0 Å². The van der Waals surface area contributed by atoms with Crippen LogP contribution in [0.25, 0.3) is 0 Å². The Morgan fingerprint density at radius 2 is 1.85 bits per heavy atom. The van der Waals surface area contributed by atoms with Crippen LogP contribution in [0.5, 0.6) is 0 Å². The first-order valence-electron chi connectivity index (χ1n) is 8.36. The Morgan fingerprint density at radius 3 is 2.50 bits per heavy atom. The van der Waals surface area contributed by atoms with Crippen LogP contribution < -0.4 is 0 Å². The Bertz CT molecular complexity index is 299. The van der Waals surface area contributed by atoms with Gasteiger partial charge in [0.1, 0.15) is 0 Å². The SMILES string of the molecule is CCO[C@H]1CCCN([C@H](C)C(=O)N2CCCCCC2)C1. The third-order valence-corrected chi connectivity index (χ3v) is 4.63. The summed E-state index contributed by atoms with van der Waals surface area (Å²) in [5.41, 5.74) is 0. The maximum absolute atomic E-state index is 12.7. The number of ether oxygens (including phenoxy) is 1. The number of hydrogen-bond acceptors (Lipinski definition) is 3. The van der Waals surface area contributed by atoms with Crippen molar-refractivity contribution in [1.82, 2.24) is 9.80 Å². The van der Waals surface area contributed by atoms with Crippen molar-refractivity contribution < 1.29 is 9.53 Å². The lowest BCUT2D eigenvalue weighted by atomic mass is 10.1. The van der Waals surface area contributed by atoms with Gasteiger partial charge in [0, 0.05) is 26.2 Å². The molecule has 0 bridgehead atoms. The van der Waals surface area contributed by atoms with E-state index in [1.165, 1.54) is 25.7 Å². The molecule has 0 unspecified atom stereocenters. The summed E-state index contributed by atoms with van der Waals surface area (Å²) in [6.45, 7) is 8.73. The summed E-state index contributed by atoms with van der Waals surface area (Å²) < 4.78 is 5.74. The number of hydrogen-bond donors (Lipinski definition) is 0. The molecule has 2 aliphatic heterocycles. The standard InChI is InChI=1S/C16H30N2O2/c1-3-20-15-9-8-12-18(13-15)14(2)16(19)17-10-6-4-5-7-11-17/h14-15H,3-13H2,1-2H3/t14-,15+/m1/s1. The van der Waals surface area contributed by atoms with Crippen molar-refractivity contribution in [3.05, 3.63) is 0 Å². The molecule has 0 spiro atoms. The molecule has 2 atom stereocenters. The molecular weight excluding hydrogens is 252 g/mol. The normalized spacial score (nSPS) is 27.1. The number of amides is 1. The molecule has 20 heavy (non-hydrogen) atoms. The number of nitrogens with zero attached hydrogens (tertiary/aromatic N) is 2. The first-order chi connectivity index (χ1) is 9.72. The van der Waals surface area contributed by atoms with Crippen LogP contribution in [0.3, 0.4) is 0 Å². The Kier molecular flexibility index (Phi) is 6.30. The van der Waals surface area contributed by atoms with E-state index in [4.69, 9.17) is 4.74 Å². The van der Waals surface area contributed by atoms with Crippen molar-refractivity contribution in [1.29, 1.82) is 0 Å². The highest BCUT2D eigenvalue weighted by atomic mass is 16.5. The molecule has 2 heterocycles. The van der Waals surface area contributed by atoms with Gasteiger partial charge in [0.2, 0.25) is 5.91 Å². The van der Waals surface area contributed by atoms with Gasteiger partial charge >= 0.3 is 0 Å². The van der Waals surface area contributed by atoms with Gasteiger partial charge in [0.05, 0.1) is 12.1 Å². The van der Waals surface area contributed by atoms with E-state index in [1.807, 2.05) is 6.92 Å². The van der Waals surface area contributed by atoms with Gasteiger partial charge in [0.25, 0.3) is 0 Å². The average molecular weight is 282 g/mol. The molecule has 2 fully saturated rings. The Morgan fingerprint density at radius 1 is 1.15 bits per heavy atom. The number of piperidine rings is 1. The smallest absolute Gasteiger partial charge is 0.239 e. The molecule has 2 saturated heterocycles. The molecule has 0 radical (unpaired) electrons. The lowest BCUT2D eigenvalue weighted by molar-refractivity contribution is -0.137. The first kappa shape index (κ1) is 15.8. The number of carbonyl (C=O) groups is 1. The lowest BCUT2D eigenvalue weighted by Crippen LogP contribution is -2.52. The van der Waals surface area contributed by atoms with E-state index in [1.54, 1.807) is 0 Å². The highest BCUT2D eigenvalue weighted by Crippen LogP contribution is 2.18. The van der Waals surface area contributed by atoms with Crippen molar-refractivity contribution in [2.45, 2.75) is 64.5 Å². The molecule has 4 heteroatoms. The summed E-state index contributed by atoms with van der Waals surface area (Å²) in [7, 11) is 0. The molecule has 0 aromatic carbocycles. The monoisotopic (exact) mass is 282 g/mol. The molecule has 0 aromatic rings. The lowest BCUT2D eigenvalue weighted by Gasteiger charge is -2.37. The van der Waals surface area contributed by atoms with Crippen molar-refractivity contribution in [2.24, 2.45) is 0 Å². The highest BCUT2D eigenvalue weighted by Gasteiger charge is 2.30. The van der Waals surface area contributed by atoms with E-state index in [-0.39, 0.29) is 6.04 Å². The maximum Gasteiger partial charge on any atom is 0.239 e. The molecule has 2 rings (SSSR count). The van der Waals surface area contributed by atoms with Crippen LogP contribution in [0.4, 0.5) is 0 Å². The largest absolute Gasteiger partial charge is 0.377 e. The Hall–Kier alpha value is -0.610. The second-order valence-corrected chi connectivity index (χ2v) is 6.13. The summed E-state index contributed by atoms with van der Waals surface area (Å²) in [4.78, 5) is 17.1. The topological polar surface area (TPSA) is 32.8 Å². The van der Waals surface area contributed by atoms with Gasteiger partial charge in [0.15, 0.2) is 0 Å². The second kappa shape index (κ2) is 7.99. The van der Waals surface area contributed by atoms with E-state index in [0.29, 0.717) is 12.0 Å². The number of likely N-dealkylation sites (tertiary alicyclic amines) is 2. The summed E-state index contributed by atoms with van der Waals surface area (Å²) >= 11 is 0. The van der Waals surface area contributed by atoms with E-state index in [9.17, 15) is 4.79 Å². The van der Waals surface area contributed by atoms with Gasteiger partial charge in [-0.15, -0.1) is 0 Å². The van der Waals surface area contributed by atoms with Crippen molar-refractivity contribution in [3.8, 4) is 0 Å². The van der Waals surface area contributed by atoms with Crippen molar-refractivity contribution in [2.75, 3.05) is 32.8 Å². The third-order valence-electron chi connectivity index (χ3n) is 4.63. The van der Waals surface area contributed by atoms with Gasteiger partial charge < -0.3 is 9.64 Å². The molecule has 116 valence electrons. The molecular formula is C16H30N2O2. The number of carbonyl (C=O) groups excluding carboxylic acids is 1. The molecule has 2 aliphatic rings. The van der Waals surface area contributed by atoms with E-state index >= 15 is 0 Å². The van der Waals surface area contributed by atoms with Gasteiger partial charge in [-0.05, 0) is 46.1 Å². The zero-order valence-corrected chi connectivity index (χ0v) is 13.1. The van der Waals surface area contributed by atoms with Crippen LogP contribution in [0.2, 0.25) is 0 Å². The zero-order valence-electron chi connectivity index (χ0n) is 13.1. The molecule has 0 saturated carbocycles.